The van der Waals surface area contributed by atoms with Crippen LogP contribution in [0.15, 0.2) is 60.0 Å². The number of hydrogen-bond acceptors (Lipinski definition) is 4. The van der Waals surface area contributed by atoms with E-state index in [1.165, 1.54) is 5.01 Å². The number of hydrogen-bond donors (Lipinski definition) is 1. The zero-order valence-corrected chi connectivity index (χ0v) is 13.7. The monoisotopic (exact) mass is 323 g/mol. The molecule has 0 saturated carbocycles. The first kappa shape index (κ1) is 16.3. The van der Waals surface area contributed by atoms with E-state index in [0.717, 1.165) is 11.3 Å². The number of hydrazone groups is 1. The fraction of sp³-hybridized carbons (Fsp3) is 0.316. The number of benzene rings is 1. The lowest BCUT2D eigenvalue weighted by Gasteiger charge is -2.31. The van der Waals surface area contributed by atoms with E-state index in [9.17, 15) is 9.90 Å². The molecule has 1 amide bonds. The molecule has 0 fully saturated rings. The van der Waals surface area contributed by atoms with Crippen LogP contribution in [0.4, 0.5) is 0 Å². The molecule has 0 spiro atoms. The van der Waals surface area contributed by atoms with Crippen LogP contribution in [-0.4, -0.2) is 26.7 Å². The number of nitrogens with zero attached hydrogens (tertiary/aromatic N) is 3. The molecular formula is C19H21N3O2. The van der Waals surface area contributed by atoms with E-state index in [-0.39, 0.29) is 5.91 Å². The third kappa shape index (κ3) is 3.21. The molecule has 1 aromatic heterocycles. The fourth-order valence-electron chi connectivity index (χ4n) is 2.92. The van der Waals surface area contributed by atoms with Crippen LogP contribution in [0.2, 0.25) is 0 Å². The molecule has 0 radical (unpaired) electrons. The summed E-state index contributed by atoms with van der Waals surface area (Å²) < 4.78 is 0. The summed E-state index contributed by atoms with van der Waals surface area (Å²) in [6.07, 6.45) is 5.20. The highest BCUT2D eigenvalue weighted by molar-refractivity contribution is 5.90. The van der Waals surface area contributed by atoms with Crippen LogP contribution in [0.25, 0.3) is 0 Å². The molecule has 2 aromatic rings. The van der Waals surface area contributed by atoms with Crippen molar-refractivity contribution >= 4 is 11.6 Å². The van der Waals surface area contributed by atoms with E-state index < -0.39 is 5.72 Å². The number of aryl methyl sites for hydroxylation is 1. The third-order valence-electron chi connectivity index (χ3n) is 4.30. The summed E-state index contributed by atoms with van der Waals surface area (Å²) in [4.78, 5) is 16.7. The van der Waals surface area contributed by atoms with Crippen molar-refractivity contribution in [3.8, 4) is 0 Å². The second kappa shape index (κ2) is 6.93. The molecule has 1 atom stereocenters. The largest absolute Gasteiger partial charge is 0.365 e. The lowest BCUT2D eigenvalue weighted by molar-refractivity contribution is -0.157. The van der Waals surface area contributed by atoms with Crippen molar-refractivity contribution in [2.45, 2.75) is 38.3 Å². The summed E-state index contributed by atoms with van der Waals surface area (Å²) in [5.41, 5.74) is 1.14. The molecule has 1 aliphatic heterocycles. The minimum absolute atomic E-state index is 0.179. The normalized spacial score (nSPS) is 20.1. The maximum absolute atomic E-state index is 12.7. The van der Waals surface area contributed by atoms with Crippen molar-refractivity contribution in [1.29, 1.82) is 0 Å². The van der Waals surface area contributed by atoms with Crippen molar-refractivity contribution < 1.29 is 9.90 Å². The number of amides is 1. The Morgan fingerprint density at radius 3 is 2.58 bits per heavy atom. The van der Waals surface area contributed by atoms with E-state index in [2.05, 4.69) is 10.1 Å². The van der Waals surface area contributed by atoms with Gasteiger partial charge in [-0.2, -0.15) is 10.1 Å². The molecule has 1 aliphatic rings. The van der Waals surface area contributed by atoms with Crippen LogP contribution in [0.1, 0.15) is 37.3 Å². The molecule has 5 heteroatoms. The van der Waals surface area contributed by atoms with Crippen LogP contribution in [0.5, 0.6) is 0 Å². The molecule has 2 heterocycles. The summed E-state index contributed by atoms with van der Waals surface area (Å²) in [6, 6.07) is 13.3. The van der Waals surface area contributed by atoms with Crippen molar-refractivity contribution in [2.24, 2.45) is 5.10 Å². The quantitative estimate of drug-likeness (QED) is 0.920. The number of carbonyl (C=O) groups is 1. The Morgan fingerprint density at radius 2 is 1.92 bits per heavy atom. The molecule has 0 bridgehead atoms. The van der Waals surface area contributed by atoms with Gasteiger partial charge in [-0.1, -0.05) is 37.3 Å². The van der Waals surface area contributed by atoms with Crippen LogP contribution in [-0.2, 0) is 16.9 Å². The lowest BCUT2D eigenvalue weighted by Crippen LogP contribution is -2.43. The Kier molecular flexibility index (Phi) is 4.71. The fourth-order valence-corrected chi connectivity index (χ4v) is 2.92. The molecule has 0 aliphatic carbocycles. The predicted octanol–water partition coefficient (Wildman–Crippen LogP) is 2.86. The summed E-state index contributed by atoms with van der Waals surface area (Å²) >= 11 is 0. The number of carbonyl (C=O) groups excluding carboxylic acids is 1. The maximum atomic E-state index is 12.7. The van der Waals surface area contributed by atoms with Gasteiger partial charge in [0.15, 0.2) is 5.72 Å². The molecule has 0 saturated heterocycles. The standard InChI is InChI=1S/C19H21N3O2/c1-2-17-14-19(24,16-10-12-20-13-11-16)22(21-17)18(23)9-8-15-6-4-3-5-7-15/h3-7,10-13,24H,2,8-9,14H2,1H3. The zero-order valence-electron chi connectivity index (χ0n) is 13.7. The lowest BCUT2D eigenvalue weighted by atomic mass is 9.97. The first-order chi connectivity index (χ1) is 11.6. The Balaban J connectivity index is 1.80. The van der Waals surface area contributed by atoms with Gasteiger partial charge < -0.3 is 5.11 Å². The van der Waals surface area contributed by atoms with Gasteiger partial charge in [-0.15, -0.1) is 0 Å². The summed E-state index contributed by atoms with van der Waals surface area (Å²) in [5, 5.41) is 16.8. The van der Waals surface area contributed by atoms with Crippen LogP contribution in [0, 0.1) is 0 Å². The van der Waals surface area contributed by atoms with Crippen LogP contribution >= 0.6 is 0 Å². The highest BCUT2D eigenvalue weighted by Gasteiger charge is 2.45. The van der Waals surface area contributed by atoms with Crippen molar-refractivity contribution in [3.63, 3.8) is 0 Å². The second-order valence-electron chi connectivity index (χ2n) is 5.94. The summed E-state index contributed by atoms with van der Waals surface area (Å²) in [6.45, 7) is 1.98. The van der Waals surface area contributed by atoms with Crippen molar-refractivity contribution in [1.82, 2.24) is 9.99 Å². The molecule has 5 nitrogen and oxygen atoms in total. The van der Waals surface area contributed by atoms with E-state index in [4.69, 9.17) is 0 Å². The third-order valence-corrected chi connectivity index (χ3v) is 4.30. The highest BCUT2D eigenvalue weighted by atomic mass is 16.3. The van der Waals surface area contributed by atoms with Gasteiger partial charge in [0.05, 0.1) is 0 Å². The summed E-state index contributed by atoms with van der Waals surface area (Å²) in [7, 11) is 0. The zero-order chi connectivity index (χ0) is 17.0. The Bertz CT molecular complexity index is 731. The molecule has 3 rings (SSSR count). The van der Waals surface area contributed by atoms with E-state index in [1.54, 1.807) is 24.5 Å². The second-order valence-corrected chi connectivity index (χ2v) is 5.94. The van der Waals surface area contributed by atoms with Gasteiger partial charge in [-0.3, -0.25) is 9.78 Å². The van der Waals surface area contributed by atoms with Gasteiger partial charge in [0.25, 0.3) is 0 Å². The Morgan fingerprint density at radius 1 is 1.21 bits per heavy atom. The number of aromatic nitrogens is 1. The van der Waals surface area contributed by atoms with Gasteiger partial charge in [0.2, 0.25) is 5.91 Å². The smallest absolute Gasteiger partial charge is 0.245 e. The molecule has 1 unspecified atom stereocenters. The van der Waals surface area contributed by atoms with Crippen molar-refractivity contribution in [3.05, 3.63) is 66.0 Å². The van der Waals surface area contributed by atoms with E-state index in [0.29, 0.717) is 31.2 Å². The van der Waals surface area contributed by atoms with Gasteiger partial charge in [0.1, 0.15) is 0 Å². The molecular weight excluding hydrogens is 302 g/mol. The molecule has 1 aromatic carbocycles. The van der Waals surface area contributed by atoms with E-state index in [1.807, 2.05) is 37.3 Å². The van der Waals surface area contributed by atoms with Gasteiger partial charge in [-0.25, -0.2) is 0 Å². The SMILES string of the molecule is CCC1=NN(C(=O)CCc2ccccc2)C(O)(c2ccncc2)C1. The van der Waals surface area contributed by atoms with Crippen molar-refractivity contribution in [2.75, 3.05) is 0 Å². The minimum Gasteiger partial charge on any atom is -0.365 e. The Hall–Kier alpha value is -2.53. The predicted molar refractivity (Wildman–Crippen MR) is 92.1 cm³/mol. The number of rotatable bonds is 5. The average molecular weight is 323 g/mol. The van der Waals surface area contributed by atoms with Crippen LogP contribution < -0.4 is 0 Å². The van der Waals surface area contributed by atoms with Gasteiger partial charge >= 0.3 is 0 Å². The molecule has 124 valence electrons. The van der Waals surface area contributed by atoms with Gasteiger partial charge in [-0.05, 0) is 30.5 Å². The summed E-state index contributed by atoms with van der Waals surface area (Å²) in [5.74, 6) is -0.179. The van der Waals surface area contributed by atoms with Gasteiger partial charge in [0, 0.05) is 36.5 Å². The topological polar surface area (TPSA) is 65.8 Å². The van der Waals surface area contributed by atoms with E-state index >= 15 is 0 Å². The average Bonchev–Trinajstić information content (AvgIpc) is 2.99. The number of aliphatic hydroxyl groups is 1. The minimum atomic E-state index is -1.41. The Labute approximate surface area is 141 Å². The molecule has 1 N–H and O–H groups in total. The maximum Gasteiger partial charge on any atom is 0.245 e. The number of pyridine rings is 1. The molecule has 24 heavy (non-hydrogen) atoms. The highest BCUT2D eigenvalue weighted by Crippen LogP contribution is 2.36. The first-order valence-electron chi connectivity index (χ1n) is 8.19. The van der Waals surface area contributed by atoms with Crippen LogP contribution in [0.3, 0.4) is 0 Å². The first-order valence-corrected chi connectivity index (χ1v) is 8.19.